The van der Waals surface area contributed by atoms with Crippen molar-refractivity contribution in [2.24, 2.45) is 10.8 Å². The van der Waals surface area contributed by atoms with Crippen LogP contribution in [0.4, 0.5) is 0 Å². The summed E-state index contributed by atoms with van der Waals surface area (Å²) in [6.45, 7) is 6.10. The first-order valence-electron chi connectivity index (χ1n) is 8.94. The molecule has 146 valence electrons. The Morgan fingerprint density at radius 2 is 1.93 bits per heavy atom. The number of epoxide rings is 1. The molecule has 1 spiro atoms. The fourth-order valence-corrected chi connectivity index (χ4v) is 5.19. The van der Waals surface area contributed by atoms with Crippen molar-refractivity contribution < 1.29 is 38.1 Å². The van der Waals surface area contributed by atoms with Crippen molar-refractivity contribution in [3.8, 4) is 0 Å². The Morgan fingerprint density at radius 3 is 2.48 bits per heavy atom. The predicted octanol–water partition coefficient (Wildman–Crippen LogP) is 0.512. The highest BCUT2D eigenvalue weighted by molar-refractivity contribution is 5.99. The molecule has 0 aromatic heterocycles. The minimum absolute atomic E-state index is 0.00660. The summed E-state index contributed by atoms with van der Waals surface area (Å²) in [5.41, 5.74) is -2.60. The lowest BCUT2D eigenvalue weighted by Gasteiger charge is -2.57. The van der Waals surface area contributed by atoms with Crippen molar-refractivity contribution in [2.75, 3.05) is 13.2 Å². The molecule has 0 aromatic rings. The molecule has 6 atom stereocenters. The number of rotatable bonds is 3. The Bertz CT molecular complexity index is 794. The molecule has 2 heterocycles. The third kappa shape index (κ3) is 2.11. The summed E-state index contributed by atoms with van der Waals surface area (Å²) in [5.74, 6) is -1.61. The zero-order valence-electron chi connectivity index (χ0n) is 15.7. The Labute approximate surface area is 156 Å². The van der Waals surface area contributed by atoms with Gasteiger partial charge in [0.25, 0.3) is 0 Å². The Balaban J connectivity index is 1.91. The molecule has 27 heavy (non-hydrogen) atoms. The molecule has 8 nitrogen and oxygen atoms in total. The lowest BCUT2D eigenvalue weighted by Crippen LogP contribution is -2.67. The van der Waals surface area contributed by atoms with Crippen LogP contribution < -0.4 is 0 Å². The molecule has 2 bridgehead atoms. The lowest BCUT2D eigenvalue weighted by atomic mass is 9.51. The number of esters is 2. The van der Waals surface area contributed by atoms with Gasteiger partial charge in [0, 0.05) is 20.3 Å². The van der Waals surface area contributed by atoms with Crippen molar-refractivity contribution in [3.63, 3.8) is 0 Å². The molecule has 4 aliphatic rings. The minimum Gasteiger partial charge on any atom is -0.465 e. The van der Waals surface area contributed by atoms with Gasteiger partial charge in [0.05, 0.1) is 23.5 Å². The highest BCUT2D eigenvalue weighted by Gasteiger charge is 2.86. The van der Waals surface area contributed by atoms with Gasteiger partial charge in [-0.2, -0.15) is 0 Å². The first-order valence-corrected chi connectivity index (χ1v) is 8.94. The second-order valence-electron chi connectivity index (χ2n) is 8.10. The van der Waals surface area contributed by atoms with Gasteiger partial charge >= 0.3 is 11.9 Å². The van der Waals surface area contributed by atoms with Crippen LogP contribution in [0, 0.1) is 10.8 Å². The van der Waals surface area contributed by atoms with Crippen molar-refractivity contribution >= 4 is 23.5 Å². The van der Waals surface area contributed by atoms with Crippen LogP contribution in [0.1, 0.15) is 34.1 Å². The lowest BCUT2D eigenvalue weighted by molar-refractivity contribution is -0.231. The molecule has 8 heteroatoms. The summed E-state index contributed by atoms with van der Waals surface area (Å²) < 4.78 is 22.6. The minimum atomic E-state index is -1.14. The summed E-state index contributed by atoms with van der Waals surface area (Å²) in [6, 6.07) is 0. The van der Waals surface area contributed by atoms with Crippen LogP contribution in [0.5, 0.6) is 0 Å². The molecular formula is C19H22O8. The van der Waals surface area contributed by atoms with Crippen LogP contribution in [-0.4, -0.2) is 60.6 Å². The Hall–Kier alpha value is -2.06. The summed E-state index contributed by atoms with van der Waals surface area (Å²) in [7, 11) is 0. The van der Waals surface area contributed by atoms with Gasteiger partial charge in [-0.1, -0.05) is 6.92 Å². The second kappa shape index (κ2) is 5.48. The van der Waals surface area contributed by atoms with Gasteiger partial charge in [0.2, 0.25) is 5.78 Å². The fraction of sp³-hybridized carbons (Fsp3) is 0.684. The molecule has 2 aliphatic heterocycles. The maximum Gasteiger partial charge on any atom is 0.303 e. The third-order valence-electron chi connectivity index (χ3n) is 6.79. The molecule has 0 amide bonds. The van der Waals surface area contributed by atoms with Gasteiger partial charge in [0.1, 0.15) is 12.2 Å². The number of fused-ring (bicyclic) bond motifs is 2. The van der Waals surface area contributed by atoms with Crippen LogP contribution in [0.25, 0.3) is 0 Å². The van der Waals surface area contributed by atoms with Gasteiger partial charge in [-0.25, -0.2) is 0 Å². The largest absolute Gasteiger partial charge is 0.465 e. The number of hydrogen-bond donors (Lipinski definition) is 0. The highest BCUT2D eigenvalue weighted by Crippen LogP contribution is 2.70. The van der Waals surface area contributed by atoms with Crippen molar-refractivity contribution in [1.82, 2.24) is 0 Å². The van der Waals surface area contributed by atoms with E-state index in [-0.39, 0.29) is 31.2 Å². The maximum atomic E-state index is 13.1. The van der Waals surface area contributed by atoms with Crippen LogP contribution in [0.15, 0.2) is 11.6 Å². The first kappa shape index (κ1) is 18.3. The number of hydrogen-bond acceptors (Lipinski definition) is 8. The second-order valence-corrected chi connectivity index (χ2v) is 8.10. The Kier molecular flexibility index (Phi) is 3.72. The zero-order valence-corrected chi connectivity index (χ0v) is 15.7. The molecule has 2 aliphatic carbocycles. The topological polar surface area (TPSA) is 109 Å². The van der Waals surface area contributed by atoms with Crippen molar-refractivity contribution in [3.05, 3.63) is 11.6 Å². The zero-order chi connectivity index (χ0) is 19.8. The monoisotopic (exact) mass is 378 g/mol. The van der Waals surface area contributed by atoms with Gasteiger partial charge in [-0.05, 0) is 18.6 Å². The Morgan fingerprint density at radius 1 is 1.26 bits per heavy atom. The van der Waals surface area contributed by atoms with E-state index in [2.05, 4.69) is 0 Å². The molecule has 3 fully saturated rings. The quantitative estimate of drug-likeness (QED) is 0.516. The molecule has 0 aromatic carbocycles. The van der Waals surface area contributed by atoms with E-state index in [0.29, 0.717) is 5.57 Å². The summed E-state index contributed by atoms with van der Waals surface area (Å²) in [4.78, 5) is 49.0. The van der Waals surface area contributed by atoms with E-state index in [0.717, 1.165) is 0 Å². The predicted molar refractivity (Wildman–Crippen MR) is 88.5 cm³/mol. The van der Waals surface area contributed by atoms with E-state index < -0.39 is 46.7 Å². The molecule has 2 saturated heterocycles. The normalized spacial score (nSPS) is 44.6. The van der Waals surface area contributed by atoms with Crippen molar-refractivity contribution in [1.29, 1.82) is 0 Å². The summed E-state index contributed by atoms with van der Waals surface area (Å²) in [5, 5.41) is 0. The van der Waals surface area contributed by atoms with Gasteiger partial charge in [0.15, 0.2) is 18.0 Å². The smallest absolute Gasteiger partial charge is 0.303 e. The van der Waals surface area contributed by atoms with E-state index in [1.54, 1.807) is 19.9 Å². The number of ketones is 2. The van der Waals surface area contributed by atoms with Crippen LogP contribution in [0.2, 0.25) is 0 Å². The first-order chi connectivity index (χ1) is 12.6. The number of carbonyl (C=O) groups excluding carboxylic acids is 4. The summed E-state index contributed by atoms with van der Waals surface area (Å²) >= 11 is 0. The number of Topliss-reactive ketones (excluding diaryl/α,β-unsaturated/α-hetero) is 2. The van der Waals surface area contributed by atoms with Crippen LogP contribution >= 0.6 is 0 Å². The number of ether oxygens (including phenoxy) is 4. The van der Waals surface area contributed by atoms with E-state index in [1.165, 1.54) is 13.8 Å². The van der Waals surface area contributed by atoms with E-state index in [1.807, 2.05) is 0 Å². The van der Waals surface area contributed by atoms with Gasteiger partial charge in [-0.15, -0.1) is 0 Å². The SMILES string of the molecule is CC(=O)OC[C@]12CC(=O)C(C)=CC1OC1C(=O)[C@@H](OC(C)=O)[C@@]2(C)C12CO2. The maximum absolute atomic E-state index is 13.1. The molecule has 3 unspecified atom stereocenters. The summed E-state index contributed by atoms with van der Waals surface area (Å²) in [6.07, 6.45) is -0.975. The van der Waals surface area contributed by atoms with Crippen LogP contribution in [-0.2, 0) is 38.1 Å². The standard InChI is InChI=1S/C19H22O8/c1-9-5-13-18(6-12(9)22,7-24-10(2)20)17(4)15(26-11(3)21)14(23)16(27-13)19(17)8-25-19/h5,13,15-16H,6-8H2,1-4H3/t13?,15-,16?,17-,18-,19?/m1/s1. The average Bonchev–Trinajstić information content (AvgIpc) is 3.36. The van der Waals surface area contributed by atoms with Crippen LogP contribution in [0.3, 0.4) is 0 Å². The number of carbonyl (C=O) groups is 4. The molecule has 1 saturated carbocycles. The van der Waals surface area contributed by atoms with E-state index in [4.69, 9.17) is 18.9 Å². The average molecular weight is 378 g/mol. The highest BCUT2D eigenvalue weighted by atomic mass is 16.6. The van der Waals surface area contributed by atoms with Gasteiger partial charge in [-0.3, -0.25) is 19.2 Å². The van der Waals surface area contributed by atoms with E-state index in [9.17, 15) is 19.2 Å². The molecular weight excluding hydrogens is 356 g/mol. The van der Waals surface area contributed by atoms with Crippen molar-refractivity contribution in [2.45, 2.75) is 58.0 Å². The molecule has 0 N–H and O–H groups in total. The molecule has 4 rings (SSSR count). The third-order valence-corrected chi connectivity index (χ3v) is 6.79. The van der Waals surface area contributed by atoms with E-state index >= 15 is 0 Å². The fourth-order valence-electron chi connectivity index (χ4n) is 5.19. The molecule has 0 radical (unpaired) electrons. The number of allylic oxidation sites excluding steroid dienone is 1. The van der Waals surface area contributed by atoms with Gasteiger partial charge < -0.3 is 18.9 Å².